The maximum absolute atomic E-state index is 12.8. The lowest BCUT2D eigenvalue weighted by Crippen LogP contribution is -2.31. The second-order valence-electron chi connectivity index (χ2n) is 5.12. The number of nitrogens with zero attached hydrogens (tertiary/aromatic N) is 3. The van der Waals surface area contributed by atoms with E-state index in [4.69, 9.17) is 16.3 Å². The summed E-state index contributed by atoms with van der Waals surface area (Å²) in [5.74, 6) is -0.509. The van der Waals surface area contributed by atoms with Crippen molar-refractivity contribution in [1.29, 1.82) is 0 Å². The van der Waals surface area contributed by atoms with Crippen LogP contribution in [-0.2, 0) is 16.0 Å². The molecule has 0 atom stereocenters. The van der Waals surface area contributed by atoms with Gasteiger partial charge in [-0.3, -0.25) is 14.0 Å². The van der Waals surface area contributed by atoms with Gasteiger partial charge in [-0.05, 0) is 25.5 Å². The number of aryl methyl sites for hydroxylation is 1. The molecule has 0 unspecified atom stereocenters. The number of carbonyl (C=O) groups is 2. The van der Waals surface area contributed by atoms with Gasteiger partial charge in [0.25, 0.3) is 5.91 Å². The van der Waals surface area contributed by atoms with Crippen molar-refractivity contribution in [3.05, 3.63) is 34.7 Å². The number of esters is 1. The molecule has 0 aliphatic carbocycles. The summed E-state index contributed by atoms with van der Waals surface area (Å²) in [6, 6.07) is 3.51. The Bertz CT molecular complexity index is 727. The van der Waals surface area contributed by atoms with Crippen LogP contribution in [0, 0.1) is 0 Å². The highest BCUT2D eigenvalue weighted by Gasteiger charge is 2.22. The third-order valence-electron chi connectivity index (χ3n) is 3.50. The number of hydrogen-bond acceptors (Lipinski definition) is 4. The first kappa shape index (κ1) is 17.3. The van der Waals surface area contributed by atoms with Gasteiger partial charge in [-0.15, -0.1) is 0 Å². The Morgan fingerprint density at radius 2 is 2.09 bits per heavy atom. The van der Waals surface area contributed by atoms with E-state index in [0.717, 1.165) is 0 Å². The fourth-order valence-corrected chi connectivity index (χ4v) is 2.48. The van der Waals surface area contributed by atoms with E-state index in [1.807, 2.05) is 6.92 Å². The number of pyridine rings is 1. The van der Waals surface area contributed by atoms with E-state index < -0.39 is 0 Å². The summed E-state index contributed by atoms with van der Waals surface area (Å²) >= 11 is 6.03. The number of hydrogen-bond donors (Lipinski definition) is 0. The number of aromatic nitrogens is 2. The minimum absolute atomic E-state index is 0.162. The molecule has 2 aromatic heterocycles. The first-order chi connectivity index (χ1) is 11.0. The molecule has 0 radical (unpaired) electrons. The molecule has 2 rings (SSSR count). The van der Waals surface area contributed by atoms with Crippen molar-refractivity contribution in [2.45, 2.75) is 26.7 Å². The molecule has 0 spiro atoms. The highest BCUT2D eigenvalue weighted by molar-refractivity contribution is 6.30. The van der Waals surface area contributed by atoms with E-state index in [9.17, 15) is 9.59 Å². The second-order valence-corrected chi connectivity index (χ2v) is 5.55. The highest BCUT2D eigenvalue weighted by Crippen LogP contribution is 2.18. The van der Waals surface area contributed by atoms with Gasteiger partial charge in [0.2, 0.25) is 0 Å². The van der Waals surface area contributed by atoms with Gasteiger partial charge in [0.15, 0.2) is 0 Å². The van der Waals surface area contributed by atoms with E-state index >= 15 is 0 Å². The third-order valence-corrected chi connectivity index (χ3v) is 3.72. The standard InChI is InChI=1S/C16H20ClN3O3/c1-4-12-15(20-10-11(17)6-7-13(20)18-12)16(22)19(3)9-8-14(21)23-5-2/h6-7,10H,4-5,8-9H2,1-3H3. The van der Waals surface area contributed by atoms with Crippen molar-refractivity contribution in [3.63, 3.8) is 0 Å². The van der Waals surface area contributed by atoms with Gasteiger partial charge in [0, 0.05) is 19.8 Å². The van der Waals surface area contributed by atoms with Crippen LogP contribution in [0.2, 0.25) is 5.02 Å². The number of amides is 1. The molecule has 0 saturated carbocycles. The zero-order valence-corrected chi connectivity index (χ0v) is 14.3. The highest BCUT2D eigenvalue weighted by atomic mass is 35.5. The van der Waals surface area contributed by atoms with Crippen LogP contribution in [0.4, 0.5) is 0 Å². The molecular weight excluding hydrogens is 318 g/mol. The monoisotopic (exact) mass is 337 g/mol. The predicted molar refractivity (Wildman–Crippen MR) is 87.8 cm³/mol. The van der Waals surface area contributed by atoms with Crippen molar-refractivity contribution < 1.29 is 14.3 Å². The molecule has 0 aliphatic heterocycles. The summed E-state index contributed by atoms with van der Waals surface area (Å²) in [6.07, 6.45) is 2.47. The predicted octanol–water partition coefficient (Wildman–Crippen LogP) is 2.58. The fourth-order valence-electron chi connectivity index (χ4n) is 2.31. The van der Waals surface area contributed by atoms with Crippen molar-refractivity contribution in [1.82, 2.24) is 14.3 Å². The molecule has 124 valence electrons. The summed E-state index contributed by atoms with van der Waals surface area (Å²) in [7, 11) is 1.66. The molecule has 0 bridgehead atoms. The van der Waals surface area contributed by atoms with E-state index in [-0.39, 0.29) is 24.8 Å². The first-order valence-electron chi connectivity index (χ1n) is 7.55. The molecule has 0 fully saturated rings. The number of carbonyl (C=O) groups excluding carboxylic acids is 2. The molecule has 23 heavy (non-hydrogen) atoms. The number of halogens is 1. The van der Waals surface area contributed by atoms with Crippen LogP contribution in [0.15, 0.2) is 18.3 Å². The van der Waals surface area contributed by atoms with Gasteiger partial charge in [-0.25, -0.2) is 4.98 Å². The smallest absolute Gasteiger partial charge is 0.307 e. The summed E-state index contributed by atoms with van der Waals surface area (Å²) in [5, 5.41) is 0.528. The van der Waals surface area contributed by atoms with E-state index in [0.29, 0.717) is 35.1 Å². The fraction of sp³-hybridized carbons (Fsp3) is 0.438. The number of ether oxygens (including phenoxy) is 1. The van der Waals surface area contributed by atoms with Crippen molar-refractivity contribution in [3.8, 4) is 0 Å². The lowest BCUT2D eigenvalue weighted by atomic mass is 10.2. The van der Waals surface area contributed by atoms with E-state index in [1.54, 1.807) is 36.7 Å². The number of imidazole rings is 1. The zero-order chi connectivity index (χ0) is 17.0. The van der Waals surface area contributed by atoms with Crippen molar-refractivity contribution in [2.24, 2.45) is 0 Å². The van der Waals surface area contributed by atoms with Gasteiger partial charge in [0.05, 0.1) is 23.7 Å². The van der Waals surface area contributed by atoms with Gasteiger partial charge in [0.1, 0.15) is 11.3 Å². The minimum atomic E-state index is -0.316. The molecule has 2 aromatic rings. The molecule has 2 heterocycles. The molecular formula is C16H20ClN3O3. The second kappa shape index (κ2) is 7.46. The average Bonchev–Trinajstić information content (AvgIpc) is 2.89. The molecule has 0 saturated heterocycles. The zero-order valence-electron chi connectivity index (χ0n) is 13.5. The van der Waals surface area contributed by atoms with Gasteiger partial charge < -0.3 is 9.64 Å². The Hall–Kier alpha value is -2.08. The van der Waals surface area contributed by atoms with Crippen LogP contribution in [-0.4, -0.2) is 46.4 Å². The SMILES string of the molecule is CCOC(=O)CCN(C)C(=O)c1c(CC)nc2ccc(Cl)cn12. The summed E-state index contributed by atoms with van der Waals surface area (Å²) < 4.78 is 6.58. The van der Waals surface area contributed by atoms with Gasteiger partial charge in [-0.2, -0.15) is 0 Å². The largest absolute Gasteiger partial charge is 0.466 e. The molecule has 6 nitrogen and oxygen atoms in total. The molecule has 0 N–H and O–H groups in total. The first-order valence-corrected chi connectivity index (χ1v) is 7.93. The maximum Gasteiger partial charge on any atom is 0.307 e. The Kier molecular flexibility index (Phi) is 5.60. The maximum atomic E-state index is 12.8. The molecule has 7 heteroatoms. The lowest BCUT2D eigenvalue weighted by molar-refractivity contribution is -0.143. The van der Waals surface area contributed by atoms with Crippen LogP contribution in [0.25, 0.3) is 5.65 Å². The summed E-state index contributed by atoms with van der Waals surface area (Å²) in [6.45, 7) is 4.32. The number of fused-ring (bicyclic) bond motifs is 1. The van der Waals surface area contributed by atoms with Crippen LogP contribution < -0.4 is 0 Å². The average molecular weight is 338 g/mol. The van der Waals surface area contributed by atoms with Crippen LogP contribution in [0.5, 0.6) is 0 Å². The minimum Gasteiger partial charge on any atom is -0.466 e. The lowest BCUT2D eigenvalue weighted by Gasteiger charge is -2.17. The molecule has 0 aliphatic rings. The van der Waals surface area contributed by atoms with Gasteiger partial charge >= 0.3 is 5.97 Å². The van der Waals surface area contributed by atoms with Crippen molar-refractivity contribution in [2.75, 3.05) is 20.2 Å². The quantitative estimate of drug-likeness (QED) is 0.760. The Labute approximate surface area is 140 Å². The number of rotatable bonds is 6. The molecule has 0 aromatic carbocycles. The topological polar surface area (TPSA) is 63.9 Å². The van der Waals surface area contributed by atoms with Crippen LogP contribution in [0.1, 0.15) is 36.5 Å². The van der Waals surface area contributed by atoms with Crippen LogP contribution >= 0.6 is 11.6 Å². The Balaban J connectivity index is 2.25. The summed E-state index contributed by atoms with van der Waals surface area (Å²) in [5.41, 5.74) is 1.87. The Morgan fingerprint density at radius 3 is 2.74 bits per heavy atom. The van der Waals surface area contributed by atoms with Gasteiger partial charge in [-0.1, -0.05) is 18.5 Å². The Morgan fingerprint density at radius 1 is 1.35 bits per heavy atom. The summed E-state index contributed by atoms with van der Waals surface area (Å²) in [4.78, 5) is 30.2. The third kappa shape index (κ3) is 3.82. The van der Waals surface area contributed by atoms with Crippen LogP contribution in [0.3, 0.4) is 0 Å². The van der Waals surface area contributed by atoms with E-state index in [1.165, 1.54) is 4.90 Å². The normalized spacial score (nSPS) is 10.8. The molecule has 1 amide bonds. The van der Waals surface area contributed by atoms with E-state index in [2.05, 4.69) is 4.98 Å². The van der Waals surface area contributed by atoms with Crippen molar-refractivity contribution >= 4 is 29.1 Å².